The molecule has 0 radical (unpaired) electrons. The zero-order chi connectivity index (χ0) is 15.4. The van der Waals surface area contributed by atoms with Crippen LogP contribution in [0.5, 0.6) is 5.75 Å². The maximum Gasteiger partial charge on any atom is 0.276 e. The number of rotatable bonds is 5. The van der Waals surface area contributed by atoms with Crippen LogP contribution in [0.15, 0.2) is 30.5 Å². The summed E-state index contributed by atoms with van der Waals surface area (Å²) in [4.78, 5) is 13.6. The van der Waals surface area contributed by atoms with Gasteiger partial charge in [-0.25, -0.2) is 4.39 Å². The van der Waals surface area contributed by atoms with Gasteiger partial charge in [-0.3, -0.25) is 9.48 Å². The average Bonchev–Trinajstić information content (AvgIpc) is 2.79. The summed E-state index contributed by atoms with van der Waals surface area (Å²) in [6.07, 6.45) is 1.58. The number of nitrogens with two attached hydrogens (primary N) is 1. The van der Waals surface area contributed by atoms with Crippen LogP contribution in [0, 0.1) is 5.82 Å². The van der Waals surface area contributed by atoms with Crippen LogP contribution in [0.4, 0.5) is 10.1 Å². The van der Waals surface area contributed by atoms with Gasteiger partial charge in [-0.1, -0.05) is 0 Å². The van der Waals surface area contributed by atoms with Gasteiger partial charge in [0.2, 0.25) is 0 Å². The van der Waals surface area contributed by atoms with Crippen molar-refractivity contribution in [3.63, 3.8) is 0 Å². The Labute approximate surface area is 121 Å². The summed E-state index contributed by atoms with van der Waals surface area (Å²) in [5.41, 5.74) is 6.28. The van der Waals surface area contributed by atoms with E-state index in [-0.39, 0.29) is 17.4 Å². The number of hydrogen-bond acceptors (Lipinski definition) is 4. The number of hydrogen-bond donors (Lipinski definition) is 1. The lowest BCUT2D eigenvalue weighted by Crippen LogP contribution is -2.31. The summed E-state index contributed by atoms with van der Waals surface area (Å²) in [7, 11) is 3.34. The number of likely N-dealkylation sites (N-methyl/N-ethyl adjacent to an activating group) is 1. The predicted molar refractivity (Wildman–Crippen MR) is 76.5 cm³/mol. The molecule has 0 aliphatic heterocycles. The normalized spacial score (nSPS) is 10.4. The number of amides is 1. The molecule has 0 bridgehead atoms. The first-order valence-electron chi connectivity index (χ1n) is 6.40. The topological polar surface area (TPSA) is 73.4 Å². The van der Waals surface area contributed by atoms with E-state index in [9.17, 15) is 9.18 Å². The Kier molecular flexibility index (Phi) is 4.42. The number of aromatic nitrogens is 2. The summed E-state index contributed by atoms with van der Waals surface area (Å²) in [5.74, 6) is -0.0364. The van der Waals surface area contributed by atoms with Crippen LogP contribution in [-0.4, -0.2) is 40.8 Å². The van der Waals surface area contributed by atoms with Crippen LogP contribution in [0.1, 0.15) is 10.5 Å². The highest BCUT2D eigenvalue weighted by Gasteiger charge is 2.18. The highest BCUT2D eigenvalue weighted by atomic mass is 19.1. The van der Waals surface area contributed by atoms with Crippen molar-refractivity contribution < 1.29 is 13.9 Å². The fourth-order valence-electron chi connectivity index (χ4n) is 1.79. The first-order chi connectivity index (χ1) is 9.97. The molecule has 1 heterocycles. The molecule has 6 nitrogen and oxygen atoms in total. The smallest absolute Gasteiger partial charge is 0.276 e. The average molecular weight is 292 g/mol. The van der Waals surface area contributed by atoms with Gasteiger partial charge in [0, 0.05) is 20.3 Å². The summed E-state index contributed by atoms with van der Waals surface area (Å²) < 4.78 is 19.7. The van der Waals surface area contributed by atoms with Crippen molar-refractivity contribution >= 4 is 11.6 Å². The third-order valence-corrected chi connectivity index (χ3v) is 2.92. The number of halogens is 1. The molecule has 0 aliphatic rings. The van der Waals surface area contributed by atoms with Crippen LogP contribution in [0.2, 0.25) is 0 Å². The molecule has 0 fully saturated rings. The van der Waals surface area contributed by atoms with Crippen LogP contribution in [0.3, 0.4) is 0 Å². The predicted octanol–water partition coefficient (Wildman–Crippen LogP) is 1.29. The number of nitrogens with zero attached hydrogens (tertiary/aromatic N) is 3. The second-order valence-corrected chi connectivity index (χ2v) is 4.64. The molecule has 0 unspecified atom stereocenters. The number of anilines is 1. The largest absolute Gasteiger partial charge is 0.492 e. The Morgan fingerprint density at radius 2 is 2.10 bits per heavy atom. The molecule has 2 rings (SSSR count). The van der Waals surface area contributed by atoms with Gasteiger partial charge in [-0.15, -0.1) is 0 Å². The number of carbonyl (C=O) groups is 1. The van der Waals surface area contributed by atoms with Crippen LogP contribution in [-0.2, 0) is 7.05 Å². The number of ether oxygens (including phenoxy) is 1. The monoisotopic (exact) mass is 292 g/mol. The highest BCUT2D eigenvalue weighted by Crippen LogP contribution is 2.12. The lowest BCUT2D eigenvalue weighted by molar-refractivity contribution is 0.0768. The van der Waals surface area contributed by atoms with Crippen molar-refractivity contribution in [2.24, 2.45) is 7.05 Å². The van der Waals surface area contributed by atoms with Gasteiger partial charge >= 0.3 is 0 Å². The minimum Gasteiger partial charge on any atom is -0.492 e. The maximum absolute atomic E-state index is 12.7. The number of carbonyl (C=O) groups excluding carboxylic acids is 1. The van der Waals surface area contributed by atoms with Crippen molar-refractivity contribution in [2.45, 2.75) is 0 Å². The van der Waals surface area contributed by atoms with E-state index in [0.717, 1.165) is 0 Å². The van der Waals surface area contributed by atoms with E-state index >= 15 is 0 Å². The van der Waals surface area contributed by atoms with Crippen molar-refractivity contribution in [3.8, 4) is 5.75 Å². The molecule has 0 spiro atoms. The van der Waals surface area contributed by atoms with E-state index in [0.29, 0.717) is 24.6 Å². The Morgan fingerprint density at radius 3 is 2.67 bits per heavy atom. The first-order valence-corrected chi connectivity index (χ1v) is 6.40. The molecular formula is C14H17FN4O2. The first kappa shape index (κ1) is 14.8. The molecule has 2 N–H and O–H groups in total. The number of aryl methyl sites for hydroxylation is 1. The molecule has 1 aromatic heterocycles. The van der Waals surface area contributed by atoms with Crippen LogP contribution >= 0.6 is 0 Å². The molecule has 2 aromatic rings. The standard InChI is InChI=1S/C14H17FN4O2/c1-18(14(20)13-12(16)9-19(2)17-13)7-8-21-11-5-3-10(15)4-6-11/h3-6,9H,7-8,16H2,1-2H3. The summed E-state index contributed by atoms with van der Waals surface area (Å²) >= 11 is 0. The summed E-state index contributed by atoms with van der Waals surface area (Å²) in [5, 5.41) is 4.03. The SMILES string of the molecule is CN(CCOc1ccc(F)cc1)C(=O)c1nn(C)cc1N. The van der Waals surface area contributed by atoms with Crippen molar-refractivity contribution in [2.75, 3.05) is 25.9 Å². The molecule has 0 aliphatic carbocycles. The minimum absolute atomic E-state index is 0.224. The molecule has 1 amide bonds. The van der Waals surface area contributed by atoms with Gasteiger partial charge in [0.1, 0.15) is 18.2 Å². The Hall–Kier alpha value is -2.57. The van der Waals surface area contributed by atoms with E-state index in [1.807, 2.05) is 0 Å². The van der Waals surface area contributed by atoms with Crippen molar-refractivity contribution in [1.29, 1.82) is 0 Å². The molecule has 1 aromatic carbocycles. The van der Waals surface area contributed by atoms with Gasteiger partial charge in [0.15, 0.2) is 5.69 Å². The maximum atomic E-state index is 12.7. The van der Waals surface area contributed by atoms with Gasteiger partial charge in [0.05, 0.1) is 12.2 Å². The fraction of sp³-hybridized carbons (Fsp3) is 0.286. The molecular weight excluding hydrogens is 275 g/mol. The van der Waals surface area contributed by atoms with Crippen LogP contribution < -0.4 is 10.5 Å². The Morgan fingerprint density at radius 1 is 1.43 bits per heavy atom. The van der Waals surface area contributed by atoms with Crippen molar-refractivity contribution in [1.82, 2.24) is 14.7 Å². The second-order valence-electron chi connectivity index (χ2n) is 4.64. The highest BCUT2D eigenvalue weighted by molar-refractivity contribution is 5.96. The third kappa shape index (κ3) is 3.71. The zero-order valence-corrected chi connectivity index (χ0v) is 11.9. The summed E-state index contributed by atoms with van der Waals surface area (Å²) in [6, 6.07) is 5.71. The van der Waals surface area contributed by atoms with E-state index < -0.39 is 0 Å². The van der Waals surface area contributed by atoms with Gasteiger partial charge in [0.25, 0.3) is 5.91 Å². The van der Waals surface area contributed by atoms with E-state index in [1.54, 1.807) is 20.3 Å². The minimum atomic E-state index is -0.319. The number of benzene rings is 1. The second kappa shape index (κ2) is 6.25. The molecule has 112 valence electrons. The number of nitrogen functional groups attached to an aromatic ring is 1. The molecule has 21 heavy (non-hydrogen) atoms. The Bertz CT molecular complexity index is 624. The quantitative estimate of drug-likeness (QED) is 0.901. The van der Waals surface area contributed by atoms with E-state index in [4.69, 9.17) is 10.5 Å². The molecule has 0 saturated heterocycles. The molecule has 0 atom stereocenters. The fourth-order valence-corrected chi connectivity index (χ4v) is 1.79. The van der Waals surface area contributed by atoms with Crippen LogP contribution in [0.25, 0.3) is 0 Å². The molecule has 7 heteroatoms. The van der Waals surface area contributed by atoms with Gasteiger partial charge in [-0.05, 0) is 24.3 Å². The van der Waals surface area contributed by atoms with Crippen molar-refractivity contribution in [3.05, 3.63) is 42.0 Å². The third-order valence-electron chi connectivity index (χ3n) is 2.92. The lowest BCUT2D eigenvalue weighted by Gasteiger charge is -2.16. The zero-order valence-electron chi connectivity index (χ0n) is 11.9. The molecule has 0 saturated carbocycles. The van der Waals surface area contributed by atoms with Gasteiger partial charge < -0.3 is 15.4 Å². The van der Waals surface area contributed by atoms with Gasteiger partial charge in [-0.2, -0.15) is 5.10 Å². The Balaban J connectivity index is 1.87. The van der Waals surface area contributed by atoms with E-state index in [2.05, 4.69) is 5.10 Å². The van der Waals surface area contributed by atoms with E-state index in [1.165, 1.54) is 33.8 Å². The lowest BCUT2D eigenvalue weighted by atomic mass is 10.3. The summed E-state index contributed by atoms with van der Waals surface area (Å²) in [6.45, 7) is 0.660.